The lowest BCUT2D eigenvalue weighted by Crippen LogP contribution is -2.08. The van der Waals surface area contributed by atoms with Gasteiger partial charge in [0.25, 0.3) is 0 Å². The Kier molecular flexibility index (Phi) is 3.61. The first-order chi connectivity index (χ1) is 8.47. The maximum atomic E-state index is 13.3. The molecule has 0 unspecified atom stereocenters. The standard InChI is InChI=1S/C13H12BrFN2O/c1-8-5-10(17(2)16-8)7-13(18)9-3-4-11(14)12(15)6-9/h3-6H,7H2,1-2H3. The molecule has 1 heterocycles. The molecule has 5 heteroatoms. The monoisotopic (exact) mass is 310 g/mol. The summed E-state index contributed by atoms with van der Waals surface area (Å²) in [4.78, 5) is 12.0. The minimum Gasteiger partial charge on any atom is -0.294 e. The van der Waals surface area contributed by atoms with Crippen molar-refractivity contribution in [1.29, 1.82) is 0 Å². The first-order valence-electron chi connectivity index (χ1n) is 5.45. The van der Waals surface area contributed by atoms with E-state index in [1.807, 2.05) is 13.0 Å². The highest BCUT2D eigenvalue weighted by Crippen LogP contribution is 2.17. The lowest BCUT2D eigenvalue weighted by atomic mass is 10.1. The van der Waals surface area contributed by atoms with Crippen LogP contribution in [0.2, 0.25) is 0 Å². The van der Waals surface area contributed by atoms with Crippen LogP contribution in [-0.4, -0.2) is 15.6 Å². The zero-order valence-electron chi connectivity index (χ0n) is 10.1. The van der Waals surface area contributed by atoms with Gasteiger partial charge in [0.05, 0.1) is 16.6 Å². The van der Waals surface area contributed by atoms with Gasteiger partial charge in [-0.15, -0.1) is 0 Å². The normalized spacial score (nSPS) is 10.7. The Labute approximate surface area is 113 Å². The van der Waals surface area contributed by atoms with E-state index in [2.05, 4.69) is 21.0 Å². The number of aromatic nitrogens is 2. The summed E-state index contributed by atoms with van der Waals surface area (Å²) < 4.78 is 15.4. The van der Waals surface area contributed by atoms with Gasteiger partial charge in [-0.25, -0.2) is 4.39 Å². The third-order valence-corrected chi connectivity index (χ3v) is 3.33. The molecule has 3 nitrogen and oxygen atoms in total. The number of hydrogen-bond acceptors (Lipinski definition) is 2. The average Bonchev–Trinajstić information content (AvgIpc) is 2.61. The highest BCUT2D eigenvalue weighted by Gasteiger charge is 2.12. The minimum atomic E-state index is -0.429. The Hall–Kier alpha value is -1.49. The molecule has 0 aliphatic carbocycles. The van der Waals surface area contributed by atoms with Gasteiger partial charge in [-0.1, -0.05) is 6.07 Å². The van der Waals surface area contributed by atoms with Crippen molar-refractivity contribution in [3.05, 3.63) is 51.5 Å². The van der Waals surface area contributed by atoms with Crippen LogP contribution in [0.5, 0.6) is 0 Å². The molecule has 0 saturated carbocycles. The van der Waals surface area contributed by atoms with Crippen molar-refractivity contribution < 1.29 is 9.18 Å². The molecule has 0 N–H and O–H groups in total. The number of nitrogens with zero attached hydrogens (tertiary/aromatic N) is 2. The molecule has 0 radical (unpaired) electrons. The second kappa shape index (κ2) is 5.02. The van der Waals surface area contributed by atoms with Gasteiger partial charge in [0, 0.05) is 18.3 Å². The van der Waals surface area contributed by atoms with Gasteiger partial charge in [-0.05, 0) is 41.1 Å². The summed E-state index contributed by atoms with van der Waals surface area (Å²) in [6, 6.07) is 6.25. The van der Waals surface area contributed by atoms with Gasteiger partial charge in [-0.3, -0.25) is 9.48 Å². The first kappa shape index (κ1) is 13.0. The Bertz CT molecular complexity index is 607. The van der Waals surface area contributed by atoms with Crippen molar-refractivity contribution in [3.8, 4) is 0 Å². The minimum absolute atomic E-state index is 0.121. The van der Waals surface area contributed by atoms with Crippen LogP contribution < -0.4 is 0 Å². The van der Waals surface area contributed by atoms with E-state index >= 15 is 0 Å². The van der Waals surface area contributed by atoms with E-state index in [-0.39, 0.29) is 12.2 Å². The Morgan fingerprint density at radius 2 is 2.17 bits per heavy atom. The van der Waals surface area contributed by atoms with Crippen molar-refractivity contribution in [3.63, 3.8) is 0 Å². The molecular weight excluding hydrogens is 299 g/mol. The molecule has 0 amide bonds. The number of carbonyl (C=O) groups excluding carboxylic acids is 1. The molecule has 0 atom stereocenters. The van der Waals surface area contributed by atoms with Gasteiger partial charge in [-0.2, -0.15) is 5.10 Å². The molecule has 0 fully saturated rings. The second-order valence-corrected chi connectivity index (χ2v) is 4.98. The summed E-state index contributed by atoms with van der Waals surface area (Å²) in [5, 5.41) is 4.17. The van der Waals surface area contributed by atoms with E-state index in [0.717, 1.165) is 11.4 Å². The van der Waals surface area contributed by atoms with Gasteiger partial charge in [0.1, 0.15) is 5.82 Å². The van der Waals surface area contributed by atoms with E-state index in [1.54, 1.807) is 17.8 Å². The Morgan fingerprint density at radius 3 is 2.72 bits per heavy atom. The average molecular weight is 311 g/mol. The summed E-state index contributed by atoms with van der Waals surface area (Å²) >= 11 is 3.06. The summed E-state index contributed by atoms with van der Waals surface area (Å²) in [5.74, 6) is -0.550. The third-order valence-electron chi connectivity index (χ3n) is 2.68. The van der Waals surface area contributed by atoms with Crippen LogP contribution >= 0.6 is 15.9 Å². The van der Waals surface area contributed by atoms with E-state index in [4.69, 9.17) is 0 Å². The topological polar surface area (TPSA) is 34.9 Å². The highest BCUT2D eigenvalue weighted by atomic mass is 79.9. The predicted octanol–water partition coefficient (Wildman–Crippen LogP) is 3.06. The molecule has 1 aromatic carbocycles. The lowest BCUT2D eigenvalue weighted by molar-refractivity contribution is 0.0990. The van der Waals surface area contributed by atoms with Crippen LogP contribution in [0.25, 0.3) is 0 Å². The molecule has 0 aliphatic heterocycles. The van der Waals surface area contributed by atoms with Crippen LogP contribution in [0.15, 0.2) is 28.7 Å². The summed E-state index contributed by atoms with van der Waals surface area (Å²) in [5.41, 5.74) is 2.05. The quantitative estimate of drug-likeness (QED) is 0.817. The molecule has 0 saturated heterocycles. The molecular formula is C13H12BrFN2O. The van der Waals surface area contributed by atoms with E-state index in [1.165, 1.54) is 12.1 Å². The molecule has 94 valence electrons. The Balaban J connectivity index is 2.22. The number of halogens is 2. The fourth-order valence-electron chi connectivity index (χ4n) is 1.77. The lowest BCUT2D eigenvalue weighted by Gasteiger charge is -2.03. The number of benzene rings is 1. The number of ketones is 1. The van der Waals surface area contributed by atoms with Gasteiger partial charge in [0.15, 0.2) is 5.78 Å². The molecule has 0 aliphatic rings. The maximum Gasteiger partial charge on any atom is 0.168 e. The Morgan fingerprint density at radius 1 is 1.44 bits per heavy atom. The molecule has 0 spiro atoms. The number of carbonyl (C=O) groups is 1. The zero-order valence-corrected chi connectivity index (χ0v) is 11.7. The predicted molar refractivity (Wildman–Crippen MR) is 70.1 cm³/mol. The maximum absolute atomic E-state index is 13.3. The van der Waals surface area contributed by atoms with E-state index < -0.39 is 5.82 Å². The fourth-order valence-corrected chi connectivity index (χ4v) is 2.01. The first-order valence-corrected chi connectivity index (χ1v) is 6.24. The number of Topliss-reactive ketones (excluding diaryl/α,β-unsaturated/α-hetero) is 1. The van der Waals surface area contributed by atoms with Crippen LogP contribution in [0, 0.1) is 12.7 Å². The molecule has 2 aromatic rings. The van der Waals surface area contributed by atoms with E-state index in [0.29, 0.717) is 10.0 Å². The van der Waals surface area contributed by atoms with Crippen molar-refractivity contribution in [1.82, 2.24) is 9.78 Å². The smallest absolute Gasteiger partial charge is 0.168 e. The van der Waals surface area contributed by atoms with Crippen LogP contribution in [0.4, 0.5) is 4.39 Å². The molecule has 2 rings (SSSR count). The number of hydrogen-bond donors (Lipinski definition) is 0. The molecule has 0 bridgehead atoms. The van der Waals surface area contributed by atoms with Crippen LogP contribution in [-0.2, 0) is 13.5 Å². The van der Waals surface area contributed by atoms with Gasteiger partial charge < -0.3 is 0 Å². The third kappa shape index (κ3) is 2.67. The van der Waals surface area contributed by atoms with Crippen molar-refractivity contribution in [2.24, 2.45) is 7.05 Å². The summed E-state index contributed by atoms with van der Waals surface area (Å²) in [6.07, 6.45) is 0.221. The van der Waals surface area contributed by atoms with Crippen LogP contribution in [0.3, 0.4) is 0 Å². The molecule has 1 aromatic heterocycles. The van der Waals surface area contributed by atoms with Crippen molar-refractivity contribution >= 4 is 21.7 Å². The highest BCUT2D eigenvalue weighted by molar-refractivity contribution is 9.10. The second-order valence-electron chi connectivity index (χ2n) is 4.13. The SMILES string of the molecule is Cc1cc(CC(=O)c2ccc(Br)c(F)c2)n(C)n1. The zero-order chi connectivity index (χ0) is 13.3. The van der Waals surface area contributed by atoms with Crippen molar-refractivity contribution in [2.45, 2.75) is 13.3 Å². The van der Waals surface area contributed by atoms with Crippen molar-refractivity contribution in [2.75, 3.05) is 0 Å². The van der Waals surface area contributed by atoms with Crippen LogP contribution in [0.1, 0.15) is 21.7 Å². The summed E-state index contributed by atoms with van der Waals surface area (Å²) in [7, 11) is 1.79. The largest absolute Gasteiger partial charge is 0.294 e. The number of rotatable bonds is 3. The number of aryl methyl sites for hydroxylation is 2. The van der Waals surface area contributed by atoms with Gasteiger partial charge >= 0.3 is 0 Å². The fraction of sp³-hybridized carbons (Fsp3) is 0.231. The summed E-state index contributed by atoms with van der Waals surface area (Å²) in [6.45, 7) is 1.87. The van der Waals surface area contributed by atoms with Gasteiger partial charge in [0.2, 0.25) is 0 Å². The molecule has 18 heavy (non-hydrogen) atoms. The van der Waals surface area contributed by atoms with E-state index in [9.17, 15) is 9.18 Å².